The number of anilines is 1. The lowest BCUT2D eigenvalue weighted by molar-refractivity contribution is -0.117. The molecule has 1 amide bonds. The molecule has 1 N–H and O–H groups in total. The lowest BCUT2D eigenvalue weighted by Gasteiger charge is -2.16. The van der Waals surface area contributed by atoms with E-state index in [0.717, 1.165) is 24.9 Å². The molecule has 6 heteroatoms. The Labute approximate surface area is 120 Å². The van der Waals surface area contributed by atoms with Crippen molar-refractivity contribution < 1.29 is 13.2 Å². The van der Waals surface area contributed by atoms with Gasteiger partial charge in [-0.15, -0.1) is 0 Å². The zero-order valence-electron chi connectivity index (χ0n) is 11.6. The van der Waals surface area contributed by atoms with Crippen LogP contribution in [0.5, 0.6) is 0 Å². The highest BCUT2D eigenvalue weighted by atomic mass is 32.2. The summed E-state index contributed by atoms with van der Waals surface area (Å²) in [7, 11) is -3.44. The van der Waals surface area contributed by atoms with E-state index >= 15 is 0 Å². The van der Waals surface area contributed by atoms with E-state index in [0.29, 0.717) is 19.5 Å². The summed E-state index contributed by atoms with van der Waals surface area (Å²) in [5.74, 6) is 0.0988. The van der Waals surface area contributed by atoms with Gasteiger partial charge in [0.25, 0.3) is 0 Å². The Morgan fingerprint density at radius 2 is 1.95 bits per heavy atom. The van der Waals surface area contributed by atoms with E-state index in [1.807, 2.05) is 6.92 Å². The summed E-state index contributed by atoms with van der Waals surface area (Å²) in [4.78, 5) is 13.6. The van der Waals surface area contributed by atoms with Crippen LogP contribution in [0.4, 0.5) is 5.69 Å². The molecular formula is C14H20N2O3S. The van der Waals surface area contributed by atoms with Crippen molar-refractivity contribution in [3.63, 3.8) is 0 Å². The third kappa shape index (κ3) is 3.37. The molecule has 1 saturated heterocycles. The molecular weight excluding hydrogens is 276 g/mol. The molecule has 0 saturated carbocycles. The Balaban J connectivity index is 2.09. The summed E-state index contributed by atoms with van der Waals surface area (Å²) < 4.78 is 26.6. The predicted molar refractivity (Wildman–Crippen MR) is 78.1 cm³/mol. The van der Waals surface area contributed by atoms with E-state index in [1.54, 1.807) is 29.2 Å². The van der Waals surface area contributed by atoms with Crippen LogP contribution >= 0.6 is 0 Å². The summed E-state index contributed by atoms with van der Waals surface area (Å²) in [6.45, 7) is 3.17. The summed E-state index contributed by atoms with van der Waals surface area (Å²) in [5.41, 5.74) is 0.764. The maximum atomic E-state index is 12.0. The molecule has 0 radical (unpaired) electrons. The van der Waals surface area contributed by atoms with Crippen LogP contribution in [0.15, 0.2) is 29.2 Å². The summed E-state index contributed by atoms with van der Waals surface area (Å²) in [6.07, 6.45) is 3.19. The van der Waals surface area contributed by atoms with Crippen molar-refractivity contribution in [3.05, 3.63) is 24.3 Å². The fourth-order valence-electron chi connectivity index (χ4n) is 2.19. The van der Waals surface area contributed by atoms with Crippen molar-refractivity contribution in [2.45, 2.75) is 37.5 Å². The standard InChI is InChI=1S/C14H20N2O3S/c1-2-3-10-15-20(18,19)13-8-6-12(7-9-13)16-11-4-5-14(16)17/h6-9,15H,2-5,10-11H2,1H3. The van der Waals surface area contributed by atoms with Gasteiger partial charge in [0.1, 0.15) is 0 Å². The molecule has 0 aromatic heterocycles. The number of unbranched alkanes of at least 4 members (excludes halogenated alkanes) is 1. The average molecular weight is 296 g/mol. The lowest BCUT2D eigenvalue weighted by Crippen LogP contribution is -2.25. The fourth-order valence-corrected chi connectivity index (χ4v) is 3.27. The van der Waals surface area contributed by atoms with Crippen molar-refractivity contribution in [1.82, 2.24) is 4.72 Å². The van der Waals surface area contributed by atoms with Crippen LogP contribution in [0, 0.1) is 0 Å². The second kappa shape index (κ2) is 6.37. The van der Waals surface area contributed by atoms with Gasteiger partial charge in [0.2, 0.25) is 15.9 Å². The van der Waals surface area contributed by atoms with Gasteiger partial charge in [-0.05, 0) is 37.1 Å². The van der Waals surface area contributed by atoms with Crippen LogP contribution in [0.3, 0.4) is 0 Å². The normalized spacial score (nSPS) is 15.8. The number of nitrogens with one attached hydrogen (secondary N) is 1. The molecule has 20 heavy (non-hydrogen) atoms. The van der Waals surface area contributed by atoms with E-state index in [9.17, 15) is 13.2 Å². The molecule has 0 spiro atoms. The zero-order valence-corrected chi connectivity index (χ0v) is 12.4. The highest BCUT2D eigenvalue weighted by molar-refractivity contribution is 7.89. The number of sulfonamides is 1. The van der Waals surface area contributed by atoms with E-state index in [1.165, 1.54) is 0 Å². The number of hydrogen-bond acceptors (Lipinski definition) is 3. The van der Waals surface area contributed by atoms with Gasteiger partial charge in [-0.25, -0.2) is 13.1 Å². The zero-order chi connectivity index (χ0) is 14.6. The van der Waals surface area contributed by atoms with Gasteiger partial charge in [-0.1, -0.05) is 13.3 Å². The van der Waals surface area contributed by atoms with Crippen LogP contribution in [-0.4, -0.2) is 27.4 Å². The molecule has 0 unspecified atom stereocenters. The minimum absolute atomic E-state index is 0.0988. The molecule has 0 bridgehead atoms. The number of nitrogens with zero attached hydrogens (tertiary/aromatic N) is 1. The maximum absolute atomic E-state index is 12.0. The van der Waals surface area contributed by atoms with Crippen molar-refractivity contribution in [2.24, 2.45) is 0 Å². The molecule has 1 aromatic carbocycles. The molecule has 1 aliphatic heterocycles. The predicted octanol–water partition coefficient (Wildman–Crippen LogP) is 1.89. The first-order chi connectivity index (χ1) is 9.54. The smallest absolute Gasteiger partial charge is 0.240 e. The molecule has 0 aliphatic carbocycles. The largest absolute Gasteiger partial charge is 0.312 e. The molecule has 110 valence electrons. The van der Waals surface area contributed by atoms with Crippen LogP contribution in [0.1, 0.15) is 32.6 Å². The number of amides is 1. The first-order valence-electron chi connectivity index (χ1n) is 6.94. The van der Waals surface area contributed by atoms with E-state index < -0.39 is 10.0 Å². The second-order valence-corrected chi connectivity index (χ2v) is 6.66. The Morgan fingerprint density at radius 3 is 2.50 bits per heavy atom. The van der Waals surface area contributed by atoms with Gasteiger partial charge >= 0.3 is 0 Å². The molecule has 1 heterocycles. The minimum Gasteiger partial charge on any atom is -0.312 e. The average Bonchev–Trinajstić information content (AvgIpc) is 2.85. The SMILES string of the molecule is CCCCNS(=O)(=O)c1ccc(N2CCCC2=O)cc1. The molecule has 2 rings (SSSR count). The highest BCUT2D eigenvalue weighted by Crippen LogP contribution is 2.22. The maximum Gasteiger partial charge on any atom is 0.240 e. The Hall–Kier alpha value is -1.40. The van der Waals surface area contributed by atoms with Gasteiger partial charge < -0.3 is 4.90 Å². The lowest BCUT2D eigenvalue weighted by atomic mass is 10.3. The van der Waals surface area contributed by atoms with Crippen molar-refractivity contribution >= 4 is 21.6 Å². The Bertz CT molecular complexity index is 567. The van der Waals surface area contributed by atoms with Crippen molar-refractivity contribution in [1.29, 1.82) is 0 Å². The van der Waals surface area contributed by atoms with Crippen molar-refractivity contribution in [2.75, 3.05) is 18.0 Å². The molecule has 1 aliphatic rings. The van der Waals surface area contributed by atoms with Gasteiger partial charge in [0.15, 0.2) is 0 Å². The van der Waals surface area contributed by atoms with E-state index in [4.69, 9.17) is 0 Å². The second-order valence-electron chi connectivity index (χ2n) is 4.89. The van der Waals surface area contributed by atoms with Crippen molar-refractivity contribution in [3.8, 4) is 0 Å². The van der Waals surface area contributed by atoms with Gasteiger partial charge in [-0.3, -0.25) is 4.79 Å². The number of benzene rings is 1. The third-order valence-electron chi connectivity index (χ3n) is 3.35. The molecule has 1 fully saturated rings. The monoisotopic (exact) mass is 296 g/mol. The van der Waals surface area contributed by atoms with Gasteiger partial charge in [-0.2, -0.15) is 0 Å². The molecule has 0 atom stereocenters. The first-order valence-corrected chi connectivity index (χ1v) is 8.43. The minimum atomic E-state index is -3.44. The van der Waals surface area contributed by atoms with Crippen LogP contribution in [-0.2, 0) is 14.8 Å². The number of hydrogen-bond donors (Lipinski definition) is 1. The fraction of sp³-hybridized carbons (Fsp3) is 0.500. The molecule has 1 aromatic rings. The summed E-state index contributed by atoms with van der Waals surface area (Å²) >= 11 is 0. The highest BCUT2D eigenvalue weighted by Gasteiger charge is 2.22. The third-order valence-corrected chi connectivity index (χ3v) is 4.83. The van der Waals surface area contributed by atoms with Gasteiger partial charge in [0.05, 0.1) is 4.90 Å². The van der Waals surface area contributed by atoms with E-state index in [-0.39, 0.29) is 10.8 Å². The number of carbonyl (C=O) groups is 1. The molecule has 5 nitrogen and oxygen atoms in total. The number of rotatable bonds is 6. The summed E-state index contributed by atoms with van der Waals surface area (Å²) in [5, 5.41) is 0. The Morgan fingerprint density at radius 1 is 1.25 bits per heavy atom. The quantitative estimate of drug-likeness (QED) is 0.815. The van der Waals surface area contributed by atoms with E-state index in [2.05, 4.69) is 4.72 Å². The summed E-state index contributed by atoms with van der Waals surface area (Å²) in [6, 6.07) is 6.49. The van der Waals surface area contributed by atoms with Gasteiger partial charge in [0, 0.05) is 25.2 Å². The van der Waals surface area contributed by atoms with Crippen LogP contribution in [0.2, 0.25) is 0 Å². The van der Waals surface area contributed by atoms with Crippen LogP contribution < -0.4 is 9.62 Å². The number of carbonyl (C=O) groups excluding carboxylic acids is 1. The topological polar surface area (TPSA) is 66.5 Å². The first kappa shape index (κ1) is 15.0. The Kier molecular flexibility index (Phi) is 4.77. The van der Waals surface area contributed by atoms with Crippen LogP contribution in [0.25, 0.3) is 0 Å².